The number of benzene rings is 4. The van der Waals surface area contributed by atoms with Gasteiger partial charge in [-0.05, 0) is 48.4 Å². The van der Waals surface area contributed by atoms with Crippen molar-refractivity contribution in [3.63, 3.8) is 0 Å². The molecule has 56 heavy (non-hydrogen) atoms. The number of hydrogen-bond acceptors (Lipinski definition) is 6. The Morgan fingerprint density at radius 1 is 0.393 bits per heavy atom. The Balaban J connectivity index is -0.0000000536. The number of methoxy groups -OCH3 is 1. The second kappa shape index (κ2) is 72.0. The largest absolute Gasteiger partial charge is 0.400 e. The van der Waals surface area contributed by atoms with Gasteiger partial charge in [0.25, 0.3) is 0 Å². The van der Waals surface area contributed by atoms with Gasteiger partial charge in [-0.1, -0.05) is 197 Å². The molecule has 0 aromatic heterocycles. The van der Waals surface area contributed by atoms with Gasteiger partial charge in [-0.15, -0.1) is 0 Å². The third-order valence-electron chi connectivity index (χ3n) is 5.69. The average Bonchev–Trinajstić information content (AvgIpc) is 3.25. The molecule has 0 fully saturated rings. The van der Waals surface area contributed by atoms with Crippen molar-refractivity contribution in [1.82, 2.24) is 0 Å². The molecule has 0 heterocycles. The van der Waals surface area contributed by atoms with Crippen LogP contribution in [0.1, 0.15) is 119 Å². The number of hydrogen-bond donors (Lipinski definition) is 3. The van der Waals surface area contributed by atoms with Crippen molar-refractivity contribution in [2.24, 2.45) is 0 Å². The van der Waals surface area contributed by atoms with Gasteiger partial charge in [-0.2, -0.15) is 0 Å². The number of rotatable bonds is 3. The van der Waals surface area contributed by atoms with Crippen molar-refractivity contribution in [2.75, 3.05) is 35.5 Å². The Bertz CT molecular complexity index is 1040. The van der Waals surface area contributed by atoms with Gasteiger partial charge in [-0.3, -0.25) is 0 Å². The van der Waals surface area contributed by atoms with Gasteiger partial charge in [0, 0.05) is 139 Å². The third-order valence-corrected chi connectivity index (χ3v) is 5.69. The maximum atomic E-state index is 8.81. The third kappa shape index (κ3) is 47.7. The van der Waals surface area contributed by atoms with Crippen LogP contribution in [-0.4, -0.2) is 63.4 Å². The van der Waals surface area contributed by atoms with E-state index in [0.29, 0.717) is 5.41 Å². The predicted molar refractivity (Wildman–Crippen MR) is 236 cm³/mol. The Morgan fingerprint density at radius 2 is 0.518 bits per heavy atom. The summed E-state index contributed by atoms with van der Waals surface area (Å²) in [6, 6.07) is 42.7. The number of carbonyl (C=O) groups excluding carboxylic acids is 2. The van der Waals surface area contributed by atoms with Crippen LogP contribution in [0.2, 0.25) is 0 Å². The summed E-state index contributed by atoms with van der Waals surface area (Å²) in [4.78, 5) is 17.6. The molecule has 9 heteroatoms. The molecular formula is C47H82O6Y3. The molecule has 0 saturated carbocycles. The fourth-order valence-corrected chi connectivity index (χ4v) is 3.75. The van der Waals surface area contributed by atoms with Crippen molar-refractivity contribution in [1.29, 1.82) is 0 Å². The molecule has 4 aromatic carbocycles. The minimum Gasteiger partial charge on any atom is -0.400 e. The van der Waals surface area contributed by atoms with Crippen LogP contribution in [0.5, 0.6) is 0 Å². The molecule has 0 bridgehead atoms. The van der Waals surface area contributed by atoms with E-state index < -0.39 is 0 Å². The molecule has 4 rings (SSSR count). The minimum atomic E-state index is -0.121. The van der Waals surface area contributed by atoms with Gasteiger partial charge in [-0.25, -0.2) is 0 Å². The molecule has 6 nitrogen and oxygen atoms in total. The molecule has 0 aliphatic rings. The molecule has 0 amide bonds. The van der Waals surface area contributed by atoms with E-state index in [-0.39, 0.29) is 104 Å². The zero-order valence-electron chi connectivity index (χ0n) is 39.0. The molecule has 315 valence electrons. The Kier molecular flexibility index (Phi) is 107. The summed E-state index contributed by atoms with van der Waals surface area (Å²) < 4.78 is 4.25. The summed E-state index contributed by atoms with van der Waals surface area (Å²) in [5, 5.41) is 21.0. The van der Waals surface area contributed by atoms with Crippen LogP contribution < -0.4 is 0 Å². The second-order valence-corrected chi connectivity index (χ2v) is 9.72. The Morgan fingerprint density at radius 3 is 0.625 bits per heavy atom. The van der Waals surface area contributed by atoms with Crippen LogP contribution in [0.15, 0.2) is 121 Å². The first kappa shape index (κ1) is 83.1. The van der Waals surface area contributed by atoms with Crippen LogP contribution in [0.4, 0.5) is 0 Å². The van der Waals surface area contributed by atoms with E-state index in [4.69, 9.17) is 24.9 Å². The van der Waals surface area contributed by atoms with Crippen LogP contribution in [0.25, 0.3) is 0 Å². The fourth-order valence-electron chi connectivity index (χ4n) is 3.75. The predicted octanol–water partition coefficient (Wildman–Crippen LogP) is 11.6. The first-order chi connectivity index (χ1) is 25.7. The molecule has 3 radical (unpaired) electrons. The number of aliphatic hydroxyl groups excluding tert-OH is 3. The van der Waals surface area contributed by atoms with E-state index in [1.807, 2.05) is 55.4 Å². The molecule has 0 aliphatic carbocycles. The van der Waals surface area contributed by atoms with Gasteiger partial charge in [0.05, 0.1) is 0 Å². The van der Waals surface area contributed by atoms with Gasteiger partial charge in [0.15, 0.2) is 0 Å². The maximum Gasteiger partial charge on any atom is 0.116 e. The SMILES string of the molecule is CC.CC.CC.CC.CC(C)(C)c1ccccc1.CC(c1ccccc1)(c1ccccc1)c1ccccc1.CC=O.CC=O.CO.CO.CO.COC.[Y].[Y].[Y]. The number of carbonyl (C=O) groups is 2. The van der Waals surface area contributed by atoms with E-state index in [1.54, 1.807) is 14.2 Å². The number of ether oxygens (including phenoxy) is 1. The molecular weight excluding hydrogens is 927 g/mol. The molecule has 0 saturated heterocycles. The van der Waals surface area contributed by atoms with Crippen molar-refractivity contribution < 1.29 is 128 Å². The first-order valence-corrected chi connectivity index (χ1v) is 18.4. The normalized spacial score (nSPS) is 7.61. The maximum absolute atomic E-state index is 8.81. The van der Waals surface area contributed by atoms with Crippen LogP contribution in [-0.2, 0) is 123 Å². The summed E-state index contributed by atoms with van der Waals surface area (Å²) in [5.74, 6) is 0. The number of aliphatic hydroxyl groups is 3. The van der Waals surface area contributed by atoms with E-state index in [9.17, 15) is 0 Å². The van der Waals surface area contributed by atoms with Crippen molar-refractivity contribution >= 4 is 12.6 Å². The van der Waals surface area contributed by atoms with Crippen LogP contribution in [0.3, 0.4) is 0 Å². The molecule has 4 aromatic rings. The van der Waals surface area contributed by atoms with Crippen LogP contribution >= 0.6 is 0 Å². The molecule has 3 N–H and O–H groups in total. The fraction of sp³-hybridized carbons (Fsp3) is 0.447. The second-order valence-electron chi connectivity index (χ2n) is 9.72. The minimum absolute atomic E-state index is 0. The first-order valence-electron chi connectivity index (χ1n) is 18.4. The van der Waals surface area contributed by atoms with E-state index in [0.717, 1.165) is 33.9 Å². The van der Waals surface area contributed by atoms with Gasteiger partial charge in [0.1, 0.15) is 12.6 Å². The topological polar surface area (TPSA) is 104 Å². The summed E-state index contributed by atoms with van der Waals surface area (Å²) >= 11 is 0. The zero-order valence-corrected chi connectivity index (χ0v) is 47.5. The smallest absolute Gasteiger partial charge is 0.116 e. The molecule has 0 aliphatic heterocycles. The van der Waals surface area contributed by atoms with E-state index >= 15 is 0 Å². The van der Waals surface area contributed by atoms with Gasteiger partial charge in [0.2, 0.25) is 0 Å². The molecule has 0 spiro atoms. The number of aldehydes is 2. The monoisotopic (exact) mass is 1010 g/mol. The summed E-state index contributed by atoms with van der Waals surface area (Å²) in [6.07, 6.45) is 1.50. The van der Waals surface area contributed by atoms with Crippen LogP contribution in [0, 0.1) is 0 Å². The molecule has 0 atom stereocenters. The summed E-state index contributed by atoms with van der Waals surface area (Å²) in [6.45, 7) is 27.9. The van der Waals surface area contributed by atoms with E-state index in [1.165, 1.54) is 36.1 Å². The van der Waals surface area contributed by atoms with Crippen molar-refractivity contribution in [2.45, 2.75) is 108 Å². The van der Waals surface area contributed by atoms with Gasteiger partial charge >= 0.3 is 0 Å². The zero-order chi connectivity index (χ0) is 43.6. The van der Waals surface area contributed by atoms with Gasteiger partial charge < -0.3 is 29.6 Å². The van der Waals surface area contributed by atoms with E-state index in [2.05, 4.69) is 154 Å². The quantitative estimate of drug-likeness (QED) is 0.140. The summed E-state index contributed by atoms with van der Waals surface area (Å²) in [7, 11) is 6.25. The summed E-state index contributed by atoms with van der Waals surface area (Å²) in [5.41, 5.74) is 5.52. The van der Waals surface area contributed by atoms with Crippen molar-refractivity contribution in [3.8, 4) is 0 Å². The standard InChI is InChI=1S/C20H18.C10H14.C2H6O.2C2H4O.4C2H6.3CH4O.3Y/c1-20(17-11-5-2-6-12-17,18-13-7-3-8-14-18)19-15-9-4-10-16-19;1-10(2,3)9-7-5-4-6-8-9;1-3-2;2*1-2-3;7*1-2;;;/h2-16H,1H3;4-8H,1-3H3;1-2H3;2*2H,1H3;4*1-2H3;3*2H,1H3;;;. The average molecular weight is 1010 g/mol. The Labute approximate surface area is 422 Å². The van der Waals surface area contributed by atoms with Crippen molar-refractivity contribution in [3.05, 3.63) is 144 Å². The molecule has 0 unspecified atom stereocenters. The Hall–Kier alpha value is -0.628.